The maximum Gasteiger partial charge on any atom is 0.323 e. The summed E-state index contributed by atoms with van der Waals surface area (Å²) >= 11 is 0. The van der Waals surface area contributed by atoms with Crippen LogP contribution >= 0.6 is 0 Å². The molecule has 2 saturated heterocycles. The van der Waals surface area contributed by atoms with E-state index in [0.29, 0.717) is 0 Å². The molecule has 0 bridgehead atoms. The Labute approximate surface area is 160 Å². The summed E-state index contributed by atoms with van der Waals surface area (Å²) in [4.78, 5) is 17.2. The predicted octanol–water partition coefficient (Wildman–Crippen LogP) is 3.77. The van der Waals surface area contributed by atoms with Gasteiger partial charge in [0.15, 0.2) is 0 Å². The molecule has 142 valence electrons. The lowest BCUT2D eigenvalue weighted by Crippen LogP contribution is -2.36. The number of urea groups is 1. The third kappa shape index (κ3) is 4.34. The van der Waals surface area contributed by atoms with E-state index in [1.807, 2.05) is 30.3 Å². The van der Waals surface area contributed by atoms with Gasteiger partial charge in [-0.15, -0.1) is 0 Å². The van der Waals surface area contributed by atoms with E-state index in [2.05, 4.69) is 38.6 Å². The second-order valence-corrected chi connectivity index (χ2v) is 6.94. The second-order valence-electron chi connectivity index (χ2n) is 6.94. The topological polar surface area (TPSA) is 56.8 Å². The zero-order valence-electron chi connectivity index (χ0n) is 15.5. The molecule has 0 aromatic heterocycles. The zero-order chi connectivity index (χ0) is 18.5. The maximum absolute atomic E-state index is 12.6. The number of ether oxygens (including phenoxy) is 1. The van der Waals surface area contributed by atoms with Crippen molar-refractivity contribution in [2.45, 2.75) is 12.8 Å². The summed E-state index contributed by atoms with van der Waals surface area (Å²) in [6.45, 7) is 5.30. The number of amides is 2. The monoisotopic (exact) mass is 366 g/mol. The summed E-state index contributed by atoms with van der Waals surface area (Å²) in [7, 11) is 0. The molecular formula is C21H26N4O2. The molecule has 6 nitrogen and oxygen atoms in total. The minimum atomic E-state index is -0.222. The van der Waals surface area contributed by atoms with E-state index in [4.69, 9.17) is 4.74 Å². The third-order valence-electron chi connectivity index (χ3n) is 5.08. The van der Waals surface area contributed by atoms with Gasteiger partial charge in [0.25, 0.3) is 0 Å². The van der Waals surface area contributed by atoms with Crippen LogP contribution in [0.15, 0.2) is 48.5 Å². The van der Waals surface area contributed by atoms with Crippen molar-refractivity contribution in [2.24, 2.45) is 0 Å². The Bertz CT molecular complexity index is 769. The molecule has 2 N–H and O–H groups in total. The van der Waals surface area contributed by atoms with Crippen molar-refractivity contribution in [2.75, 3.05) is 59.8 Å². The summed E-state index contributed by atoms with van der Waals surface area (Å²) in [6.07, 6.45) is 2.39. The highest BCUT2D eigenvalue weighted by Crippen LogP contribution is 2.33. The number of nitrogens with zero attached hydrogens (tertiary/aromatic N) is 2. The number of nitrogens with one attached hydrogen (secondary N) is 2. The smallest absolute Gasteiger partial charge is 0.323 e. The van der Waals surface area contributed by atoms with E-state index in [9.17, 15) is 4.79 Å². The fraction of sp³-hybridized carbons (Fsp3) is 0.381. The molecule has 6 heteroatoms. The molecule has 2 aromatic rings. The van der Waals surface area contributed by atoms with Crippen LogP contribution in [0.5, 0.6) is 0 Å². The van der Waals surface area contributed by atoms with Gasteiger partial charge in [0.1, 0.15) is 0 Å². The third-order valence-corrected chi connectivity index (χ3v) is 5.08. The van der Waals surface area contributed by atoms with E-state index in [-0.39, 0.29) is 6.03 Å². The Hall–Kier alpha value is -2.73. The lowest BCUT2D eigenvalue weighted by Gasteiger charge is -2.30. The van der Waals surface area contributed by atoms with E-state index >= 15 is 0 Å². The van der Waals surface area contributed by atoms with Gasteiger partial charge in [-0.25, -0.2) is 4.79 Å². The van der Waals surface area contributed by atoms with Gasteiger partial charge in [-0.3, -0.25) is 0 Å². The Kier molecular flexibility index (Phi) is 5.44. The molecule has 0 saturated carbocycles. The minimum absolute atomic E-state index is 0.222. The maximum atomic E-state index is 12.6. The van der Waals surface area contributed by atoms with Crippen LogP contribution in [0.25, 0.3) is 0 Å². The van der Waals surface area contributed by atoms with Gasteiger partial charge < -0.3 is 25.2 Å². The van der Waals surface area contributed by atoms with Gasteiger partial charge in [-0.2, -0.15) is 0 Å². The molecule has 2 aromatic carbocycles. The number of carbonyl (C=O) groups is 1. The van der Waals surface area contributed by atoms with Crippen molar-refractivity contribution in [1.82, 2.24) is 0 Å². The Morgan fingerprint density at radius 2 is 1.59 bits per heavy atom. The molecule has 2 aliphatic heterocycles. The largest absolute Gasteiger partial charge is 0.378 e. The number of anilines is 4. The molecule has 2 amide bonds. The summed E-state index contributed by atoms with van der Waals surface area (Å²) in [6, 6.07) is 15.7. The van der Waals surface area contributed by atoms with E-state index in [0.717, 1.165) is 62.1 Å². The molecule has 2 heterocycles. The molecule has 0 aliphatic carbocycles. The van der Waals surface area contributed by atoms with Gasteiger partial charge in [0.2, 0.25) is 0 Å². The Morgan fingerprint density at radius 1 is 0.852 bits per heavy atom. The van der Waals surface area contributed by atoms with Crippen molar-refractivity contribution >= 4 is 28.8 Å². The Balaban J connectivity index is 1.55. The number of para-hydroxylation sites is 1. The van der Waals surface area contributed by atoms with Crippen LogP contribution in [-0.2, 0) is 4.74 Å². The first-order valence-corrected chi connectivity index (χ1v) is 9.64. The average molecular weight is 366 g/mol. The molecular weight excluding hydrogens is 340 g/mol. The summed E-state index contributed by atoms with van der Waals surface area (Å²) < 4.78 is 5.46. The summed E-state index contributed by atoms with van der Waals surface area (Å²) in [5, 5.41) is 5.97. The van der Waals surface area contributed by atoms with Crippen LogP contribution in [-0.4, -0.2) is 45.4 Å². The molecule has 0 spiro atoms. The van der Waals surface area contributed by atoms with Gasteiger partial charge in [-0.1, -0.05) is 18.2 Å². The van der Waals surface area contributed by atoms with Gasteiger partial charge in [0, 0.05) is 37.6 Å². The van der Waals surface area contributed by atoms with Crippen LogP contribution < -0.4 is 20.4 Å². The Morgan fingerprint density at radius 3 is 2.33 bits per heavy atom. The molecule has 0 radical (unpaired) electrons. The van der Waals surface area contributed by atoms with Crippen molar-refractivity contribution in [1.29, 1.82) is 0 Å². The van der Waals surface area contributed by atoms with Crippen molar-refractivity contribution < 1.29 is 9.53 Å². The summed E-state index contributed by atoms with van der Waals surface area (Å²) in [5.41, 5.74) is 3.85. The molecule has 0 atom stereocenters. The number of rotatable bonds is 4. The highest BCUT2D eigenvalue weighted by atomic mass is 16.5. The first-order valence-electron chi connectivity index (χ1n) is 9.64. The lowest BCUT2D eigenvalue weighted by atomic mass is 10.2. The van der Waals surface area contributed by atoms with Crippen LogP contribution in [0, 0.1) is 0 Å². The van der Waals surface area contributed by atoms with Gasteiger partial charge in [-0.05, 0) is 43.2 Å². The average Bonchev–Trinajstić information content (AvgIpc) is 3.24. The van der Waals surface area contributed by atoms with E-state index in [1.165, 1.54) is 12.8 Å². The number of carbonyl (C=O) groups excluding carboxylic acids is 1. The number of hydrogen-bond acceptors (Lipinski definition) is 4. The molecule has 0 unspecified atom stereocenters. The SMILES string of the molecule is O=C(Nc1ccccc1)Nc1cc(N2CCOCC2)ccc1N1CCCC1. The van der Waals surface area contributed by atoms with Crippen LogP contribution in [0.3, 0.4) is 0 Å². The quantitative estimate of drug-likeness (QED) is 0.865. The summed E-state index contributed by atoms with van der Waals surface area (Å²) in [5.74, 6) is 0. The van der Waals surface area contributed by atoms with Gasteiger partial charge >= 0.3 is 6.03 Å². The van der Waals surface area contributed by atoms with Gasteiger partial charge in [0.05, 0.1) is 24.6 Å². The van der Waals surface area contributed by atoms with E-state index < -0.39 is 0 Å². The van der Waals surface area contributed by atoms with Crippen molar-refractivity contribution in [3.05, 3.63) is 48.5 Å². The minimum Gasteiger partial charge on any atom is -0.378 e. The molecule has 27 heavy (non-hydrogen) atoms. The lowest BCUT2D eigenvalue weighted by molar-refractivity contribution is 0.122. The fourth-order valence-corrected chi connectivity index (χ4v) is 3.68. The number of benzene rings is 2. The number of morpholine rings is 1. The molecule has 4 rings (SSSR count). The van der Waals surface area contributed by atoms with Crippen molar-refractivity contribution in [3.63, 3.8) is 0 Å². The number of hydrogen-bond donors (Lipinski definition) is 2. The standard InChI is InChI=1S/C21H26N4O2/c26-21(22-17-6-2-1-3-7-17)23-19-16-18(24-12-14-27-15-13-24)8-9-20(19)25-10-4-5-11-25/h1-3,6-9,16H,4-5,10-15H2,(H2,22,23,26). The van der Waals surface area contributed by atoms with Crippen molar-refractivity contribution in [3.8, 4) is 0 Å². The van der Waals surface area contributed by atoms with Crippen LogP contribution in [0.1, 0.15) is 12.8 Å². The highest BCUT2D eigenvalue weighted by molar-refractivity contribution is 6.02. The fourth-order valence-electron chi connectivity index (χ4n) is 3.68. The first-order chi connectivity index (χ1) is 13.3. The molecule has 2 aliphatic rings. The normalized spacial score (nSPS) is 17.0. The first kappa shape index (κ1) is 17.7. The predicted molar refractivity (Wildman–Crippen MR) is 110 cm³/mol. The second kappa shape index (κ2) is 8.31. The van der Waals surface area contributed by atoms with Crippen LogP contribution in [0.4, 0.5) is 27.5 Å². The molecule has 2 fully saturated rings. The van der Waals surface area contributed by atoms with Crippen LogP contribution in [0.2, 0.25) is 0 Å². The van der Waals surface area contributed by atoms with E-state index in [1.54, 1.807) is 0 Å². The zero-order valence-corrected chi connectivity index (χ0v) is 15.5. The highest BCUT2D eigenvalue weighted by Gasteiger charge is 2.19.